The molecule has 0 radical (unpaired) electrons. The Labute approximate surface area is 149 Å². The zero-order valence-electron chi connectivity index (χ0n) is 14.9. The first-order valence-corrected chi connectivity index (χ1v) is 9.50. The Balaban J connectivity index is 1.56. The fourth-order valence-electron chi connectivity index (χ4n) is 4.16. The molecule has 5 nitrogen and oxygen atoms in total. The molecule has 1 atom stereocenters. The first-order valence-electron chi connectivity index (χ1n) is 9.50. The minimum absolute atomic E-state index is 0.0934. The number of carbonyl (C=O) groups is 1. The number of carbonyl (C=O) groups excluding carboxylic acids is 1. The van der Waals surface area contributed by atoms with Crippen LogP contribution in [-0.4, -0.2) is 32.1 Å². The monoisotopic (exact) mass is 338 g/mol. The second-order valence-corrected chi connectivity index (χ2v) is 7.29. The fourth-order valence-corrected chi connectivity index (χ4v) is 4.16. The van der Waals surface area contributed by atoms with Gasteiger partial charge in [0.05, 0.1) is 12.5 Å². The Morgan fingerprint density at radius 1 is 1.12 bits per heavy atom. The third-order valence-electron chi connectivity index (χ3n) is 5.61. The van der Waals surface area contributed by atoms with Gasteiger partial charge in [0.25, 0.3) is 0 Å². The van der Waals surface area contributed by atoms with Crippen molar-refractivity contribution in [1.82, 2.24) is 19.7 Å². The summed E-state index contributed by atoms with van der Waals surface area (Å²) < 4.78 is 2.29. The first kappa shape index (κ1) is 16.3. The predicted octanol–water partition coefficient (Wildman–Crippen LogP) is 3.22. The molecule has 2 aliphatic rings. The van der Waals surface area contributed by atoms with Gasteiger partial charge in [0, 0.05) is 19.5 Å². The highest BCUT2D eigenvalue weighted by Gasteiger charge is 2.34. The summed E-state index contributed by atoms with van der Waals surface area (Å²) in [6.07, 6.45) is 7.16. The second-order valence-electron chi connectivity index (χ2n) is 7.29. The Bertz CT molecular complexity index is 767. The van der Waals surface area contributed by atoms with E-state index in [-0.39, 0.29) is 11.9 Å². The van der Waals surface area contributed by atoms with Crippen LogP contribution >= 0.6 is 0 Å². The maximum Gasteiger partial charge on any atom is 0.227 e. The third-order valence-corrected chi connectivity index (χ3v) is 5.61. The van der Waals surface area contributed by atoms with Crippen LogP contribution in [0.3, 0.4) is 0 Å². The van der Waals surface area contributed by atoms with Crippen LogP contribution in [0.25, 0.3) is 0 Å². The maximum atomic E-state index is 13.0. The van der Waals surface area contributed by atoms with Gasteiger partial charge in [0.2, 0.25) is 5.91 Å². The predicted molar refractivity (Wildman–Crippen MR) is 96.1 cm³/mol. The largest absolute Gasteiger partial charge is 0.332 e. The van der Waals surface area contributed by atoms with E-state index in [0.29, 0.717) is 6.42 Å². The molecule has 0 saturated carbocycles. The molecule has 5 heteroatoms. The van der Waals surface area contributed by atoms with Gasteiger partial charge < -0.3 is 9.47 Å². The number of rotatable bonds is 3. The fraction of sp³-hybridized carbons (Fsp3) is 0.550. The molecule has 0 bridgehead atoms. The molecule has 4 rings (SSSR count). The van der Waals surface area contributed by atoms with Crippen LogP contribution in [-0.2, 0) is 24.2 Å². The summed E-state index contributed by atoms with van der Waals surface area (Å²) in [6, 6.07) is 8.25. The molecule has 1 fully saturated rings. The molecule has 1 aromatic carbocycles. The molecular weight excluding hydrogens is 312 g/mol. The van der Waals surface area contributed by atoms with Crippen LogP contribution in [0.15, 0.2) is 24.3 Å². The number of hydrogen-bond donors (Lipinski definition) is 0. The van der Waals surface area contributed by atoms with E-state index in [1.807, 2.05) is 17.0 Å². The van der Waals surface area contributed by atoms with E-state index in [1.54, 1.807) is 0 Å². The summed E-state index contributed by atoms with van der Waals surface area (Å²) in [4.78, 5) is 15.0. The molecule has 1 aromatic heterocycles. The van der Waals surface area contributed by atoms with Gasteiger partial charge in [0.1, 0.15) is 5.82 Å². The van der Waals surface area contributed by atoms with Crippen LogP contribution in [0.5, 0.6) is 0 Å². The van der Waals surface area contributed by atoms with E-state index in [2.05, 4.69) is 33.8 Å². The van der Waals surface area contributed by atoms with Crippen molar-refractivity contribution in [3.05, 3.63) is 47.0 Å². The van der Waals surface area contributed by atoms with Crippen molar-refractivity contribution in [2.45, 2.75) is 64.5 Å². The first-order chi connectivity index (χ1) is 12.2. The summed E-state index contributed by atoms with van der Waals surface area (Å²) in [6.45, 7) is 3.90. The van der Waals surface area contributed by atoms with Crippen molar-refractivity contribution in [2.24, 2.45) is 0 Å². The molecule has 1 saturated heterocycles. The highest BCUT2D eigenvalue weighted by Crippen LogP contribution is 2.33. The molecule has 0 spiro atoms. The molecule has 0 aliphatic carbocycles. The summed E-state index contributed by atoms with van der Waals surface area (Å²) in [5.74, 6) is 2.32. The minimum Gasteiger partial charge on any atom is -0.332 e. The molecule has 0 unspecified atom stereocenters. The number of aryl methyl sites for hydroxylation is 2. The van der Waals surface area contributed by atoms with Crippen molar-refractivity contribution in [3.63, 3.8) is 0 Å². The standard InChI is InChI=1S/C20H26N4O/c1-15-8-4-5-9-16(15)14-19(25)23-13-7-10-17(23)20-22-21-18-11-3-2-6-12-24(18)20/h4-5,8-9,17H,2-3,6-7,10-14H2,1H3/t17-/m1/s1. The normalized spacial score (nSPS) is 20.4. The Hall–Kier alpha value is -2.17. The van der Waals surface area contributed by atoms with Gasteiger partial charge in [-0.05, 0) is 43.7 Å². The average Bonchev–Trinajstić information content (AvgIpc) is 3.18. The van der Waals surface area contributed by atoms with Gasteiger partial charge in [-0.25, -0.2) is 0 Å². The lowest BCUT2D eigenvalue weighted by molar-refractivity contribution is -0.131. The van der Waals surface area contributed by atoms with E-state index >= 15 is 0 Å². The van der Waals surface area contributed by atoms with E-state index < -0.39 is 0 Å². The van der Waals surface area contributed by atoms with Crippen molar-refractivity contribution in [3.8, 4) is 0 Å². The zero-order valence-corrected chi connectivity index (χ0v) is 14.9. The van der Waals surface area contributed by atoms with Crippen LogP contribution < -0.4 is 0 Å². The number of likely N-dealkylation sites (tertiary alicyclic amines) is 1. The van der Waals surface area contributed by atoms with Crippen molar-refractivity contribution >= 4 is 5.91 Å². The number of aromatic nitrogens is 3. The lowest BCUT2D eigenvalue weighted by atomic mass is 10.0. The van der Waals surface area contributed by atoms with E-state index in [0.717, 1.165) is 49.6 Å². The van der Waals surface area contributed by atoms with Crippen molar-refractivity contribution < 1.29 is 4.79 Å². The average molecular weight is 338 g/mol. The topological polar surface area (TPSA) is 51.0 Å². The van der Waals surface area contributed by atoms with Crippen molar-refractivity contribution in [2.75, 3.05) is 6.54 Å². The number of fused-ring (bicyclic) bond motifs is 1. The number of benzene rings is 1. The molecule has 3 heterocycles. The van der Waals surface area contributed by atoms with Crippen LogP contribution in [0, 0.1) is 6.92 Å². The van der Waals surface area contributed by atoms with Gasteiger partial charge in [0.15, 0.2) is 5.82 Å². The van der Waals surface area contributed by atoms with Gasteiger partial charge in [-0.2, -0.15) is 0 Å². The van der Waals surface area contributed by atoms with E-state index in [9.17, 15) is 4.79 Å². The zero-order chi connectivity index (χ0) is 17.2. The SMILES string of the molecule is Cc1ccccc1CC(=O)N1CCC[C@@H]1c1nnc2n1CCCCC2. The summed E-state index contributed by atoms with van der Waals surface area (Å²) in [5, 5.41) is 8.93. The highest BCUT2D eigenvalue weighted by molar-refractivity contribution is 5.79. The summed E-state index contributed by atoms with van der Waals surface area (Å²) >= 11 is 0. The lowest BCUT2D eigenvalue weighted by Gasteiger charge is -2.25. The Kier molecular flexibility index (Phi) is 4.55. The quantitative estimate of drug-likeness (QED) is 0.863. The molecule has 25 heavy (non-hydrogen) atoms. The van der Waals surface area contributed by atoms with E-state index in [1.165, 1.54) is 24.8 Å². The van der Waals surface area contributed by atoms with Gasteiger partial charge >= 0.3 is 0 Å². The second kappa shape index (κ2) is 6.98. The third kappa shape index (κ3) is 3.20. The molecule has 2 aliphatic heterocycles. The molecule has 0 N–H and O–H groups in total. The highest BCUT2D eigenvalue weighted by atomic mass is 16.2. The van der Waals surface area contributed by atoms with Gasteiger partial charge in [-0.3, -0.25) is 4.79 Å². The molecule has 2 aromatic rings. The molecule has 132 valence electrons. The molecular formula is C20H26N4O. The number of nitrogens with zero attached hydrogens (tertiary/aromatic N) is 4. The smallest absolute Gasteiger partial charge is 0.227 e. The van der Waals surface area contributed by atoms with E-state index in [4.69, 9.17) is 0 Å². The van der Waals surface area contributed by atoms with Gasteiger partial charge in [-0.15, -0.1) is 10.2 Å². The summed E-state index contributed by atoms with van der Waals surface area (Å²) in [5.41, 5.74) is 2.31. The maximum absolute atomic E-state index is 13.0. The number of hydrogen-bond acceptors (Lipinski definition) is 3. The lowest BCUT2D eigenvalue weighted by Crippen LogP contribution is -2.33. The van der Waals surface area contributed by atoms with Gasteiger partial charge in [-0.1, -0.05) is 30.7 Å². The van der Waals surface area contributed by atoms with Crippen LogP contribution in [0.1, 0.15) is 60.9 Å². The Morgan fingerprint density at radius 3 is 2.88 bits per heavy atom. The van der Waals surface area contributed by atoms with Crippen LogP contribution in [0.4, 0.5) is 0 Å². The number of amides is 1. The Morgan fingerprint density at radius 2 is 2.00 bits per heavy atom. The van der Waals surface area contributed by atoms with Crippen LogP contribution in [0.2, 0.25) is 0 Å². The molecule has 1 amide bonds. The summed E-state index contributed by atoms with van der Waals surface area (Å²) in [7, 11) is 0. The van der Waals surface area contributed by atoms with Crippen molar-refractivity contribution in [1.29, 1.82) is 0 Å². The minimum atomic E-state index is 0.0934.